The third-order valence-corrected chi connectivity index (χ3v) is 6.02. The van der Waals surface area contributed by atoms with E-state index in [1.54, 1.807) is 0 Å². The van der Waals surface area contributed by atoms with E-state index in [1.165, 1.54) is 24.9 Å². The molecule has 4 rings (SSSR count). The van der Waals surface area contributed by atoms with E-state index in [1.807, 2.05) is 6.92 Å². The fourth-order valence-corrected chi connectivity index (χ4v) is 3.81. The number of aryl methyl sites for hydroxylation is 1. The Morgan fingerprint density at radius 1 is 1.19 bits per heavy atom. The summed E-state index contributed by atoms with van der Waals surface area (Å²) in [6.45, 7) is 6.91. The van der Waals surface area contributed by atoms with E-state index in [9.17, 15) is 4.79 Å². The van der Waals surface area contributed by atoms with Gasteiger partial charge in [-0.05, 0) is 56.2 Å². The highest BCUT2D eigenvalue weighted by molar-refractivity contribution is 5.93. The zero-order valence-electron chi connectivity index (χ0n) is 16.3. The smallest absolute Gasteiger partial charge is 0.273 e. The normalized spacial score (nSPS) is 18.4. The molecule has 27 heavy (non-hydrogen) atoms. The molecule has 2 heterocycles. The molecule has 0 bridgehead atoms. The van der Waals surface area contributed by atoms with Crippen molar-refractivity contribution in [2.45, 2.75) is 58.4 Å². The molecule has 1 saturated heterocycles. The van der Waals surface area contributed by atoms with Crippen LogP contribution in [-0.4, -0.2) is 24.0 Å². The largest absolute Gasteiger partial charge is 0.445 e. The van der Waals surface area contributed by atoms with Crippen molar-refractivity contribution in [3.8, 4) is 0 Å². The molecule has 0 radical (unpaired) electrons. The number of amides is 1. The predicted molar refractivity (Wildman–Crippen MR) is 106 cm³/mol. The molecule has 1 aliphatic carbocycles. The molecule has 0 unspecified atom stereocenters. The number of anilines is 1. The first-order valence-corrected chi connectivity index (χ1v) is 10.2. The van der Waals surface area contributed by atoms with E-state index < -0.39 is 0 Å². The first-order valence-electron chi connectivity index (χ1n) is 10.2. The van der Waals surface area contributed by atoms with Crippen LogP contribution in [0.3, 0.4) is 0 Å². The minimum absolute atomic E-state index is 0.157. The van der Waals surface area contributed by atoms with Crippen LogP contribution < -0.4 is 10.2 Å². The zero-order chi connectivity index (χ0) is 18.8. The van der Waals surface area contributed by atoms with Crippen LogP contribution in [-0.2, 0) is 6.54 Å². The molecule has 2 fully saturated rings. The van der Waals surface area contributed by atoms with Crippen LogP contribution in [0.5, 0.6) is 0 Å². The highest BCUT2D eigenvalue weighted by atomic mass is 16.4. The average Bonchev–Trinajstić information content (AvgIpc) is 3.00. The fraction of sp³-hybridized carbons (Fsp3) is 0.545. The van der Waals surface area contributed by atoms with E-state index >= 15 is 0 Å². The number of hydrogen-bond acceptors (Lipinski definition) is 4. The summed E-state index contributed by atoms with van der Waals surface area (Å²) >= 11 is 0. The first kappa shape index (κ1) is 18.1. The number of carbonyl (C=O) groups excluding carboxylic acids is 1. The van der Waals surface area contributed by atoms with Crippen LogP contribution in [0.4, 0.5) is 5.69 Å². The second-order valence-corrected chi connectivity index (χ2v) is 8.10. The summed E-state index contributed by atoms with van der Waals surface area (Å²) in [5, 5.41) is 2.97. The summed E-state index contributed by atoms with van der Waals surface area (Å²) in [5.74, 6) is 2.42. The van der Waals surface area contributed by atoms with Crippen molar-refractivity contribution in [1.82, 2.24) is 10.3 Å². The molecule has 1 aliphatic heterocycles. The SMILES string of the molecule is Cc1oc(C2CCC2)nc1C(=O)NCc1ccc(N2CCC(C)CC2)cc1. The van der Waals surface area contributed by atoms with Gasteiger partial charge in [0.2, 0.25) is 0 Å². The third kappa shape index (κ3) is 4.02. The molecule has 5 heteroatoms. The van der Waals surface area contributed by atoms with Gasteiger partial charge in [-0.2, -0.15) is 0 Å². The van der Waals surface area contributed by atoms with Crippen LogP contribution in [0.15, 0.2) is 28.7 Å². The lowest BCUT2D eigenvalue weighted by atomic mass is 9.85. The van der Waals surface area contributed by atoms with Gasteiger partial charge in [0.05, 0.1) is 0 Å². The summed E-state index contributed by atoms with van der Waals surface area (Å²) < 4.78 is 5.70. The molecule has 1 N–H and O–H groups in total. The number of piperidine rings is 1. The van der Waals surface area contributed by atoms with Gasteiger partial charge in [0, 0.05) is 31.2 Å². The molecule has 1 aromatic heterocycles. The summed E-state index contributed by atoms with van der Waals surface area (Å²) in [7, 11) is 0. The third-order valence-electron chi connectivity index (χ3n) is 6.02. The van der Waals surface area contributed by atoms with Gasteiger partial charge in [-0.25, -0.2) is 4.98 Å². The zero-order valence-corrected chi connectivity index (χ0v) is 16.3. The molecule has 1 saturated carbocycles. The molecular weight excluding hydrogens is 338 g/mol. The Bertz CT molecular complexity index is 784. The minimum atomic E-state index is -0.157. The van der Waals surface area contributed by atoms with Crippen molar-refractivity contribution in [3.63, 3.8) is 0 Å². The van der Waals surface area contributed by atoms with Gasteiger partial charge in [-0.1, -0.05) is 25.5 Å². The Hall–Kier alpha value is -2.30. The number of nitrogens with zero attached hydrogens (tertiary/aromatic N) is 2. The number of aromatic nitrogens is 1. The second kappa shape index (κ2) is 7.75. The van der Waals surface area contributed by atoms with E-state index in [4.69, 9.17) is 4.42 Å². The highest BCUT2D eigenvalue weighted by Crippen LogP contribution is 2.36. The number of oxazole rings is 1. The Labute approximate surface area is 161 Å². The van der Waals surface area contributed by atoms with Crippen LogP contribution in [0.25, 0.3) is 0 Å². The number of hydrogen-bond donors (Lipinski definition) is 1. The maximum absolute atomic E-state index is 12.5. The van der Waals surface area contributed by atoms with Crippen molar-refractivity contribution in [2.24, 2.45) is 5.92 Å². The topological polar surface area (TPSA) is 58.4 Å². The van der Waals surface area contributed by atoms with Crippen molar-refractivity contribution < 1.29 is 9.21 Å². The van der Waals surface area contributed by atoms with Crippen LogP contribution in [0, 0.1) is 12.8 Å². The van der Waals surface area contributed by atoms with Crippen LogP contribution >= 0.6 is 0 Å². The Balaban J connectivity index is 1.33. The van der Waals surface area contributed by atoms with Crippen molar-refractivity contribution in [1.29, 1.82) is 0 Å². The minimum Gasteiger partial charge on any atom is -0.445 e. The van der Waals surface area contributed by atoms with E-state index in [0.717, 1.165) is 43.3 Å². The van der Waals surface area contributed by atoms with Crippen LogP contribution in [0.2, 0.25) is 0 Å². The molecule has 2 aromatic rings. The van der Waals surface area contributed by atoms with Crippen molar-refractivity contribution in [3.05, 3.63) is 47.2 Å². The number of nitrogens with one attached hydrogen (secondary N) is 1. The maximum Gasteiger partial charge on any atom is 0.273 e. The summed E-state index contributed by atoms with van der Waals surface area (Å²) in [6.07, 6.45) is 5.97. The Morgan fingerprint density at radius 3 is 2.52 bits per heavy atom. The molecule has 0 atom stereocenters. The Morgan fingerprint density at radius 2 is 1.89 bits per heavy atom. The molecule has 144 valence electrons. The van der Waals surface area contributed by atoms with Crippen molar-refractivity contribution >= 4 is 11.6 Å². The van der Waals surface area contributed by atoms with Crippen molar-refractivity contribution in [2.75, 3.05) is 18.0 Å². The summed E-state index contributed by atoms with van der Waals surface area (Å²) in [6, 6.07) is 8.52. The number of rotatable bonds is 5. The molecular formula is C22H29N3O2. The van der Waals surface area contributed by atoms with Gasteiger partial charge < -0.3 is 14.6 Å². The second-order valence-electron chi connectivity index (χ2n) is 8.10. The fourth-order valence-electron chi connectivity index (χ4n) is 3.81. The van der Waals surface area contributed by atoms with E-state index in [-0.39, 0.29) is 5.91 Å². The van der Waals surface area contributed by atoms with E-state index in [2.05, 4.69) is 46.4 Å². The molecule has 2 aliphatic rings. The summed E-state index contributed by atoms with van der Waals surface area (Å²) in [4.78, 5) is 19.4. The lowest BCUT2D eigenvalue weighted by Crippen LogP contribution is -2.32. The predicted octanol–water partition coefficient (Wildman–Crippen LogP) is 4.42. The molecule has 1 amide bonds. The standard InChI is InChI=1S/C22H29N3O2/c1-15-10-12-25(13-11-15)19-8-6-17(7-9-19)14-23-21(26)20-16(2)27-22(24-20)18-4-3-5-18/h6-9,15,18H,3-5,10-14H2,1-2H3,(H,23,26). The van der Waals surface area contributed by atoms with Gasteiger partial charge in [0.1, 0.15) is 5.76 Å². The van der Waals surface area contributed by atoms with Gasteiger partial charge in [-0.15, -0.1) is 0 Å². The molecule has 5 nitrogen and oxygen atoms in total. The van der Waals surface area contributed by atoms with Gasteiger partial charge in [0.25, 0.3) is 5.91 Å². The molecule has 1 aromatic carbocycles. The van der Waals surface area contributed by atoms with Crippen LogP contribution in [0.1, 0.15) is 72.6 Å². The molecule has 0 spiro atoms. The van der Waals surface area contributed by atoms with Gasteiger partial charge in [-0.3, -0.25) is 4.79 Å². The first-order chi connectivity index (χ1) is 13.1. The van der Waals surface area contributed by atoms with E-state index in [0.29, 0.717) is 23.9 Å². The lowest BCUT2D eigenvalue weighted by molar-refractivity contribution is 0.0945. The highest BCUT2D eigenvalue weighted by Gasteiger charge is 2.27. The summed E-state index contributed by atoms with van der Waals surface area (Å²) in [5.41, 5.74) is 2.79. The van der Waals surface area contributed by atoms with Gasteiger partial charge >= 0.3 is 0 Å². The maximum atomic E-state index is 12.5. The monoisotopic (exact) mass is 367 g/mol. The van der Waals surface area contributed by atoms with Gasteiger partial charge in [0.15, 0.2) is 11.6 Å². The average molecular weight is 367 g/mol. The number of benzene rings is 1. The quantitative estimate of drug-likeness (QED) is 0.850. The lowest BCUT2D eigenvalue weighted by Gasteiger charge is -2.32. The Kier molecular flexibility index (Phi) is 5.19. The number of carbonyl (C=O) groups is 1.